The van der Waals surface area contributed by atoms with Crippen LogP contribution in [0.25, 0.3) is 27.4 Å². The summed E-state index contributed by atoms with van der Waals surface area (Å²) in [5, 5.41) is 19.7. The lowest BCUT2D eigenvalue weighted by atomic mass is 9.97. The Morgan fingerprint density at radius 2 is 1.82 bits per heavy atom. The van der Waals surface area contributed by atoms with Crippen LogP contribution in [0.1, 0.15) is 16.8 Å². The van der Waals surface area contributed by atoms with E-state index in [1.165, 1.54) is 6.07 Å². The first-order valence-electron chi connectivity index (χ1n) is 6.88. The van der Waals surface area contributed by atoms with Crippen molar-refractivity contribution in [2.24, 2.45) is 0 Å². The first-order chi connectivity index (χ1) is 10.4. The number of hydrogen-bond acceptors (Lipinski definition) is 3. The second-order valence-corrected chi connectivity index (χ2v) is 5.59. The van der Waals surface area contributed by atoms with Crippen molar-refractivity contribution in [3.05, 3.63) is 40.2 Å². The number of hydrogen-bond donors (Lipinski definition) is 1. The minimum absolute atomic E-state index is 0.109. The zero-order valence-corrected chi connectivity index (χ0v) is 11.6. The maximum absolute atomic E-state index is 12.9. The number of aliphatic hydroxyl groups excluding tert-OH is 1. The summed E-state index contributed by atoms with van der Waals surface area (Å²) in [6.07, 6.45) is -3.35. The molecule has 6 heteroatoms. The molecule has 0 radical (unpaired) electrons. The summed E-state index contributed by atoms with van der Waals surface area (Å²) in [6.45, 7) is 1.78. The van der Waals surface area contributed by atoms with Gasteiger partial charge in [-0.3, -0.25) is 0 Å². The lowest BCUT2D eigenvalue weighted by Crippen LogP contribution is -2.22. The molecule has 1 aliphatic carbocycles. The molecular formula is C16H11F3N2O. The fourth-order valence-corrected chi connectivity index (χ4v) is 3.30. The molecule has 4 rings (SSSR count). The van der Waals surface area contributed by atoms with Gasteiger partial charge >= 0.3 is 6.18 Å². The van der Waals surface area contributed by atoms with Gasteiger partial charge in [-0.1, -0.05) is 12.1 Å². The van der Waals surface area contributed by atoms with Gasteiger partial charge in [-0.15, -0.1) is 5.10 Å². The van der Waals surface area contributed by atoms with Crippen LogP contribution in [0.15, 0.2) is 18.2 Å². The Hall–Kier alpha value is -2.37. The molecule has 0 bridgehead atoms. The molecule has 0 unspecified atom stereocenters. The van der Waals surface area contributed by atoms with Gasteiger partial charge in [-0.05, 0) is 42.3 Å². The molecular weight excluding hydrogens is 293 g/mol. The Bertz CT molecular complexity index is 992. The molecule has 112 valence electrons. The molecule has 1 N–H and O–H groups in total. The van der Waals surface area contributed by atoms with E-state index >= 15 is 0 Å². The van der Waals surface area contributed by atoms with E-state index in [2.05, 4.69) is 10.2 Å². The van der Waals surface area contributed by atoms with Crippen molar-refractivity contribution < 1.29 is 18.3 Å². The van der Waals surface area contributed by atoms with E-state index in [0.717, 1.165) is 28.3 Å². The van der Waals surface area contributed by atoms with Crippen molar-refractivity contribution in [1.82, 2.24) is 10.2 Å². The van der Waals surface area contributed by atoms with Gasteiger partial charge in [-0.25, -0.2) is 0 Å². The van der Waals surface area contributed by atoms with Crippen molar-refractivity contribution in [2.75, 3.05) is 0 Å². The number of aromatic nitrogens is 2. The molecule has 0 amide bonds. The predicted octanol–water partition coefficient (Wildman–Crippen LogP) is 3.14. The second kappa shape index (κ2) is 4.09. The van der Waals surface area contributed by atoms with E-state index in [0.29, 0.717) is 17.5 Å². The summed E-state index contributed by atoms with van der Waals surface area (Å²) in [6, 6.07) is 5.27. The van der Waals surface area contributed by atoms with Crippen LogP contribution in [0.2, 0.25) is 0 Å². The largest absolute Gasteiger partial charge is 0.504 e. The second-order valence-electron chi connectivity index (χ2n) is 5.59. The van der Waals surface area contributed by atoms with Gasteiger partial charge in [0.25, 0.3) is 0 Å². The first-order valence-corrected chi connectivity index (χ1v) is 6.88. The molecule has 0 spiro atoms. The summed E-state index contributed by atoms with van der Waals surface area (Å²) >= 11 is 0. The third kappa shape index (κ3) is 1.63. The molecule has 0 saturated carbocycles. The summed E-state index contributed by atoms with van der Waals surface area (Å²) in [7, 11) is 0. The normalized spacial score (nSPS) is 15.8. The van der Waals surface area contributed by atoms with Crippen LogP contribution in [0.5, 0.6) is 0 Å². The van der Waals surface area contributed by atoms with Gasteiger partial charge in [0.05, 0.1) is 10.9 Å². The number of benzene rings is 2. The van der Waals surface area contributed by atoms with Crippen molar-refractivity contribution in [3.63, 3.8) is 0 Å². The lowest BCUT2D eigenvalue weighted by Gasteiger charge is -2.11. The van der Waals surface area contributed by atoms with E-state index < -0.39 is 11.9 Å². The summed E-state index contributed by atoms with van der Waals surface area (Å²) in [5.74, 6) is -1.61. The SMILES string of the molecule is Cc1nnc2/c(=C(\O)C(F)(F)F)cc3c4c(ccc1c42)CC3. The Labute approximate surface area is 123 Å². The third-order valence-corrected chi connectivity index (χ3v) is 4.30. The molecule has 1 aromatic heterocycles. The number of nitrogens with zero attached hydrogens (tertiary/aromatic N) is 2. The average Bonchev–Trinajstić information content (AvgIpc) is 2.89. The summed E-state index contributed by atoms with van der Waals surface area (Å²) in [5.41, 5.74) is 2.71. The van der Waals surface area contributed by atoms with Crippen LogP contribution < -0.4 is 5.22 Å². The molecule has 1 aliphatic rings. The van der Waals surface area contributed by atoms with Gasteiger partial charge < -0.3 is 5.11 Å². The fourth-order valence-electron chi connectivity index (χ4n) is 3.30. The number of aliphatic hydroxyl groups is 1. The van der Waals surface area contributed by atoms with E-state index in [-0.39, 0.29) is 10.7 Å². The van der Waals surface area contributed by atoms with Crippen molar-refractivity contribution in [2.45, 2.75) is 25.9 Å². The number of aryl methyl sites for hydroxylation is 3. The van der Waals surface area contributed by atoms with Crippen molar-refractivity contribution in [1.29, 1.82) is 0 Å². The monoisotopic (exact) mass is 304 g/mol. The van der Waals surface area contributed by atoms with Crippen LogP contribution in [-0.2, 0) is 12.8 Å². The summed E-state index contributed by atoms with van der Waals surface area (Å²) < 4.78 is 38.8. The first kappa shape index (κ1) is 13.3. The van der Waals surface area contributed by atoms with Crippen LogP contribution in [0, 0.1) is 6.92 Å². The van der Waals surface area contributed by atoms with Gasteiger partial charge in [0.1, 0.15) is 5.52 Å². The Morgan fingerprint density at radius 1 is 1.09 bits per heavy atom. The quantitative estimate of drug-likeness (QED) is 0.694. The zero-order valence-electron chi connectivity index (χ0n) is 11.6. The van der Waals surface area contributed by atoms with Crippen molar-refractivity contribution in [3.8, 4) is 0 Å². The Balaban J connectivity index is 2.33. The highest BCUT2D eigenvalue weighted by atomic mass is 19.4. The smallest absolute Gasteiger partial charge is 0.449 e. The average molecular weight is 304 g/mol. The molecule has 3 aromatic rings. The minimum atomic E-state index is -4.81. The van der Waals surface area contributed by atoms with Gasteiger partial charge in [0, 0.05) is 10.8 Å². The maximum Gasteiger partial charge on any atom is 0.449 e. The molecule has 1 heterocycles. The van der Waals surface area contributed by atoms with Crippen LogP contribution in [0.4, 0.5) is 13.2 Å². The third-order valence-electron chi connectivity index (χ3n) is 4.30. The lowest BCUT2D eigenvalue weighted by molar-refractivity contribution is -0.0896. The van der Waals surface area contributed by atoms with Crippen LogP contribution >= 0.6 is 0 Å². The maximum atomic E-state index is 12.9. The van der Waals surface area contributed by atoms with Gasteiger partial charge in [0.2, 0.25) is 5.76 Å². The molecule has 0 atom stereocenters. The highest BCUT2D eigenvalue weighted by Crippen LogP contribution is 2.36. The molecule has 2 aromatic carbocycles. The van der Waals surface area contributed by atoms with Crippen molar-refractivity contribution >= 4 is 27.4 Å². The van der Waals surface area contributed by atoms with E-state index in [1.54, 1.807) is 6.92 Å². The van der Waals surface area contributed by atoms with Crippen LogP contribution in [-0.4, -0.2) is 21.5 Å². The molecule has 0 fully saturated rings. The van der Waals surface area contributed by atoms with Crippen LogP contribution in [0.3, 0.4) is 0 Å². The highest BCUT2D eigenvalue weighted by molar-refractivity contribution is 6.12. The van der Waals surface area contributed by atoms with E-state index in [4.69, 9.17) is 0 Å². The molecule has 22 heavy (non-hydrogen) atoms. The molecule has 3 nitrogen and oxygen atoms in total. The standard InChI is InChI=1S/C16H11F3N2O/c1-7-10-5-4-8-2-3-9-6-11(15(22)16(17,18)19)14(21-20-7)13(10)12(8)9/h4-6,22H,2-3H2,1H3/b15-11-. The summed E-state index contributed by atoms with van der Waals surface area (Å²) in [4.78, 5) is 0. The molecule has 0 aliphatic heterocycles. The fraction of sp³-hybridized carbons (Fsp3) is 0.250. The van der Waals surface area contributed by atoms with Gasteiger partial charge in [0.15, 0.2) is 0 Å². The number of rotatable bonds is 0. The highest BCUT2D eigenvalue weighted by Gasteiger charge is 2.35. The topological polar surface area (TPSA) is 46.0 Å². The van der Waals surface area contributed by atoms with E-state index in [1.807, 2.05) is 12.1 Å². The van der Waals surface area contributed by atoms with E-state index in [9.17, 15) is 18.3 Å². The zero-order chi connectivity index (χ0) is 15.6. The minimum Gasteiger partial charge on any atom is -0.504 e. The Morgan fingerprint density at radius 3 is 2.55 bits per heavy atom. The molecule has 0 saturated heterocycles. The number of halogens is 3. The van der Waals surface area contributed by atoms with Gasteiger partial charge in [-0.2, -0.15) is 18.3 Å². The Kier molecular flexibility index (Phi) is 2.47. The predicted molar refractivity (Wildman–Crippen MR) is 76.5 cm³/mol. The number of alkyl halides is 3.